The highest BCUT2D eigenvalue weighted by Gasteiger charge is 1.93. The average molecular weight is 177 g/mol. The number of nitrogens with zero attached hydrogens (tertiary/aromatic N) is 1. The lowest BCUT2D eigenvalue weighted by atomic mass is 10.2. The Morgan fingerprint density at radius 1 is 1.46 bits per heavy atom. The van der Waals surface area contributed by atoms with Crippen LogP contribution in [0.15, 0.2) is 35.3 Å². The van der Waals surface area contributed by atoms with E-state index in [2.05, 4.69) is 4.99 Å². The normalized spacial score (nSPS) is 9.92. The van der Waals surface area contributed by atoms with E-state index >= 15 is 0 Å². The van der Waals surface area contributed by atoms with E-state index in [-0.39, 0.29) is 12.4 Å². The van der Waals surface area contributed by atoms with E-state index in [0.29, 0.717) is 5.56 Å². The molecule has 0 saturated carbocycles. The first-order valence-electron chi connectivity index (χ1n) is 3.79. The summed E-state index contributed by atoms with van der Waals surface area (Å²) in [5.74, 6) is -0.283. The van der Waals surface area contributed by atoms with Crippen LogP contribution in [0.3, 0.4) is 0 Å². The molecule has 1 aromatic carbocycles. The number of rotatable bonds is 3. The largest absolute Gasteiger partial charge is 0.235 e. The van der Waals surface area contributed by atoms with Gasteiger partial charge >= 0.3 is 0 Å². The Labute approximate surface area is 75.4 Å². The molecule has 3 heteroatoms. The molecule has 0 atom stereocenters. The molecule has 0 N–H and O–H groups in total. The monoisotopic (exact) mass is 177 g/mol. The Morgan fingerprint density at radius 2 is 2.23 bits per heavy atom. The van der Waals surface area contributed by atoms with Gasteiger partial charge in [0.2, 0.25) is 6.08 Å². The first-order chi connectivity index (χ1) is 6.34. The highest BCUT2D eigenvalue weighted by atomic mass is 19.1. The fraction of sp³-hybridized carbons (Fsp3) is 0.100. The number of hydrogen-bond acceptors (Lipinski definition) is 2. The molecule has 2 nitrogen and oxygen atoms in total. The molecule has 1 aromatic rings. The van der Waals surface area contributed by atoms with Crippen molar-refractivity contribution in [1.29, 1.82) is 0 Å². The molecular weight excluding hydrogens is 169 g/mol. The van der Waals surface area contributed by atoms with E-state index in [1.165, 1.54) is 12.1 Å². The molecule has 0 aliphatic carbocycles. The maximum absolute atomic E-state index is 12.9. The number of carbonyl (C=O) groups excluding carboxylic acids is 1. The maximum Gasteiger partial charge on any atom is 0.235 e. The van der Waals surface area contributed by atoms with Crippen molar-refractivity contribution in [3.05, 3.63) is 41.7 Å². The first kappa shape index (κ1) is 9.36. The molecule has 0 fully saturated rings. The van der Waals surface area contributed by atoms with Crippen LogP contribution in [0.5, 0.6) is 0 Å². The molecule has 13 heavy (non-hydrogen) atoms. The quantitative estimate of drug-likeness (QED) is 0.514. The minimum Gasteiger partial charge on any atom is -0.211 e. The van der Waals surface area contributed by atoms with Gasteiger partial charge in [-0.15, -0.1) is 0 Å². The second-order valence-electron chi connectivity index (χ2n) is 2.36. The summed E-state index contributed by atoms with van der Waals surface area (Å²) >= 11 is 0. The Bertz CT molecular complexity index is 354. The molecule has 0 aromatic heterocycles. The van der Waals surface area contributed by atoms with Gasteiger partial charge in [0.05, 0.1) is 6.54 Å². The molecule has 0 unspecified atom stereocenters. The van der Waals surface area contributed by atoms with Crippen molar-refractivity contribution in [2.24, 2.45) is 4.99 Å². The second kappa shape index (κ2) is 5.01. The Balaban J connectivity index is 2.68. The minimum absolute atomic E-state index is 0.234. The zero-order valence-corrected chi connectivity index (χ0v) is 6.90. The standard InChI is InChI=1S/C10H8FNO/c11-10-6-2-1-4-9(10)5-3-7-12-8-13/h1-6H,7H2/b5-3-. The molecule has 0 spiro atoms. The Kier molecular flexibility index (Phi) is 3.61. The molecular formula is C10H8FNO. The van der Waals surface area contributed by atoms with E-state index in [1.54, 1.807) is 30.4 Å². The van der Waals surface area contributed by atoms with Gasteiger partial charge in [0, 0.05) is 5.56 Å². The molecule has 0 amide bonds. The van der Waals surface area contributed by atoms with Crippen LogP contribution in [-0.2, 0) is 4.79 Å². The van der Waals surface area contributed by atoms with Crippen LogP contribution >= 0.6 is 0 Å². The van der Waals surface area contributed by atoms with Gasteiger partial charge < -0.3 is 0 Å². The van der Waals surface area contributed by atoms with Crippen molar-refractivity contribution in [3.8, 4) is 0 Å². The molecule has 0 radical (unpaired) electrons. The first-order valence-corrected chi connectivity index (χ1v) is 3.79. The Morgan fingerprint density at radius 3 is 2.92 bits per heavy atom. The van der Waals surface area contributed by atoms with Gasteiger partial charge in [-0.1, -0.05) is 30.4 Å². The molecule has 0 aliphatic heterocycles. The molecule has 0 heterocycles. The van der Waals surface area contributed by atoms with E-state index in [9.17, 15) is 9.18 Å². The number of halogens is 1. The predicted octanol–water partition coefficient (Wildman–Crippen LogP) is 2.17. The molecule has 1 rings (SSSR count). The maximum atomic E-state index is 12.9. The molecule has 0 bridgehead atoms. The van der Waals surface area contributed by atoms with Gasteiger partial charge in [0.25, 0.3) is 0 Å². The summed E-state index contributed by atoms with van der Waals surface area (Å²) in [5, 5.41) is 0. The topological polar surface area (TPSA) is 29.4 Å². The number of hydrogen-bond donors (Lipinski definition) is 0. The summed E-state index contributed by atoms with van der Waals surface area (Å²) in [6.07, 6.45) is 4.58. The lowest BCUT2D eigenvalue weighted by molar-refractivity contribution is 0.564. The molecule has 0 aliphatic rings. The van der Waals surface area contributed by atoms with Crippen molar-refractivity contribution in [2.75, 3.05) is 6.54 Å². The van der Waals surface area contributed by atoms with Gasteiger partial charge in [0.1, 0.15) is 5.82 Å². The highest BCUT2D eigenvalue weighted by Crippen LogP contribution is 2.07. The number of isocyanates is 1. The van der Waals surface area contributed by atoms with Crippen molar-refractivity contribution < 1.29 is 9.18 Å². The summed E-state index contributed by atoms with van der Waals surface area (Å²) in [6.45, 7) is 0.234. The van der Waals surface area contributed by atoms with Crippen molar-refractivity contribution in [1.82, 2.24) is 0 Å². The van der Waals surface area contributed by atoms with Gasteiger partial charge in [-0.3, -0.25) is 0 Å². The van der Waals surface area contributed by atoms with Gasteiger partial charge in [0.15, 0.2) is 0 Å². The van der Waals surface area contributed by atoms with Crippen LogP contribution in [0.4, 0.5) is 4.39 Å². The zero-order chi connectivity index (χ0) is 9.52. The third-order valence-corrected chi connectivity index (χ3v) is 1.46. The Hall–Kier alpha value is -1.73. The minimum atomic E-state index is -0.283. The number of benzene rings is 1. The lowest BCUT2D eigenvalue weighted by Gasteiger charge is -1.93. The fourth-order valence-electron chi connectivity index (χ4n) is 0.880. The fourth-order valence-corrected chi connectivity index (χ4v) is 0.880. The van der Waals surface area contributed by atoms with Gasteiger partial charge in [-0.2, -0.15) is 0 Å². The van der Waals surface area contributed by atoms with Crippen LogP contribution < -0.4 is 0 Å². The van der Waals surface area contributed by atoms with Crippen LogP contribution in [0.25, 0.3) is 6.08 Å². The SMILES string of the molecule is O=C=NC/C=C\c1ccccc1F. The van der Waals surface area contributed by atoms with E-state index in [0.717, 1.165) is 0 Å². The van der Waals surface area contributed by atoms with E-state index in [4.69, 9.17) is 0 Å². The van der Waals surface area contributed by atoms with Crippen LogP contribution in [0, 0.1) is 5.82 Å². The summed E-state index contributed by atoms with van der Waals surface area (Å²) < 4.78 is 12.9. The summed E-state index contributed by atoms with van der Waals surface area (Å²) in [5.41, 5.74) is 0.489. The summed E-state index contributed by atoms with van der Waals surface area (Å²) in [7, 11) is 0. The second-order valence-corrected chi connectivity index (χ2v) is 2.36. The lowest BCUT2D eigenvalue weighted by Crippen LogP contribution is -1.79. The third kappa shape index (κ3) is 3.01. The van der Waals surface area contributed by atoms with E-state index in [1.807, 2.05) is 0 Å². The summed E-state index contributed by atoms with van der Waals surface area (Å²) in [4.78, 5) is 13.0. The van der Waals surface area contributed by atoms with Crippen LogP contribution in [0.2, 0.25) is 0 Å². The van der Waals surface area contributed by atoms with Crippen molar-refractivity contribution in [3.63, 3.8) is 0 Å². The smallest absolute Gasteiger partial charge is 0.211 e. The molecule has 66 valence electrons. The third-order valence-electron chi connectivity index (χ3n) is 1.46. The van der Waals surface area contributed by atoms with Gasteiger partial charge in [-0.25, -0.2) is 14.2 Å². The number of aliphatic imine (C=N–C) groups is 1. The highest BCUT2D eigenvalue weighted by molar-refractivity contribution is 5.50. The predicted molar refractivity (Wildman–Crippen MR) is 48.4 cm³/mol. The van der Waals surface area contributed by atoms with Crippen molar-refractivity contribution in [2.45, 2.75) is 0 Å². The van der Waals surface area contributed by atoms with Gasteiger partial charge in [-0.05, 0) is 6.07 Å². The van der Waals surface area contributed by atoms with E-state index < -0.39 is 0 Å². The van der Waals surface area contributed by atoms with Crippen LogP contribution in [0.1, 0.15) is 5.56 Å². The van der Waals surface area contributed by atoms with Crippen LogP contribution in [-0.4, -0.2) is 12.6 Å². The molecule has 0 saturated heterocycles. The van der Waals surface area contributed by atoms with Crippen molar-refractivity contribution >= 4 is 12.2 Å². The summed E-state index contributed by atoms with van der Waals surface area (Å²) in [6, 6.07) is 6.39. The zero-order valence-electron chi connectivity index (χ0n) is 6.90. The average Bonchev–Trinajstić information content (AvgIpc) is 2.15.